The summed E-state index contributed by atoms with van der Waals surface area (Å²) in [6, 6.07) is 8.24. The number of carbonyl (C=O) groups is 1. The van der Waals surface area contributed by atoms with Crippen LogP contribution in [-0.4, -0.2) is 32.2 Å². The van der Waals surface area contributed by atoms with E-state index in [9.17, 15) is 4.79 Å². The Balaban J connectivity index is 0.00000176. The highest BCUT2D eigenvalue weighted by Gasteiger charge is 2.42. The zero-order valence-corrected chi connectivity index (χ0v) is 13.9. The minimum absolute atomic E-state index is 0. The third kappa shape index (κ3) is 4.00. The topological polar surface area (TPSA) is 50.4 Å². The van der Waals surface area contributed by atoms with Crippen molar-refractivity contribution in [3.05, 3.63) is 35.4 Å². The molecule has 5 heteroatoms. The summed E-state index contributed by atoms with van der Waals surface area (Å²) in [5.74, 6) is 0.133. The van der Waals surface area contributed by atoms with Gasteiger partial charge in [-0.3, -0.25) is 4.79 Å². The molecule has 22 heavy (non-hydrogen) atoms. The molecular formula is C17H25ClN2O2. The van der Waals surface area contributed by atoms with Gasteiger partial charge in [0, 0.05) is 26.8 Å². The number of ether oxygens (including phenoxy) is 1. The van der Waals surface area contributed by atoms with E-state index in [0.29, 0.717) is 5.41 Å². The van der Waals surface area contributed by atoms with Crippen LogP contribution in [0.25, 0.3) is 0 Å². The van der Waals surface area contributed by atoms with Crippen molar-refractivity contribution in [2.24, 2.45) is 5.41 Å². The molecule has 1 atom stereocenters. The minimum Gasteiger partial charge on any atom is -0.385 e. The molecule has 0 bridgehead atoms. The van der Waals surface area contributed by atoms with Gasteiger partial charge in [0.05, 0.1) is 6.04 Å². The highest BCUT2D eigenvalue weighted by molar-refractivity contribution is 5.85. The molecule has 2 N–H and O–H groups in total. The molecule has 4 nitrogen and oxygen atoms in total. The van der Waals surface area contributed by atoms with E-state index >= 15 is 0 Å². The lowest BCUT2D eigenvalue weighted by molar-refractivity contribution is -0.123. The first-order valence-electron chi connectivity index (χ1n) is 7.79. The molecule has 1 aliphatic heterocycles. The first-order chi connectivity index (χ1) is 10.2. The van der Waals surface area contributed by atoms with E-state index in [4.69, 9.17) is 4.74 Å². The molecule has 1 aromatic rings. The van der Waals surface area contributed by atoms with E-state index in [-0.39, 0.29) is 24.4 Å². The van der Waals surface area contributed by atoms with Crippen molar-refractivity contribution >= 4 is 18.3 Å². The molecule has 1 heterocycles. The number of nitrogens with one attached hydrogen (secondary N) is 2. The number of hydrogen-bond acceptors (Lipinski definition) is 3. The maximum atomic E-state index is 12.4. The van der Waals surface area contributed by atoms with Crippen LogP contribution >= 0.6 is 12.4 Å². The smallest absolute Gasteiger partial charge is 0.237 e. The van der Waals surface area contributed by atoms with Crippen molar-refractivity contribution in [2.75, 3.05) is 20.3 Å². The number of carbonyl (C=O) groups excluding carboxylic acids is 1. The molecule has 1 saturated carbocycles. The molecule has 1 aliphatic carbocycles. The summed E-state index contributed by atoms with van der Waals surface area (Å²) in [6.45, 7) is 2.35. The molecule has 0 spiro atoms. The minimum atomic E-state index is -0.0990. The molecule has 1 fully saturated rings. The van der Waals surface area contributed by atoms with Gasteiger partial charge in [0.25, 0.3) is 0 Å². The molecule has 0 aromatic heterocycles. The Hall–Kier alpha value is -1.10. The van der Waals surface area contributed by atoms with E-state index in [1.165, 1.54) is 24.0 Å². The molecule has 0 radical (unpaired) electrons. The van der Waals surface area contributed by atoms with Crippen LogP contribution in [0.3, 0.4) is 0 Å². The lowest BCUT2D eigenvalue weighted by Crippen LogP contribution is -2.48. The van der Waals surface area contributed by atoms with Crippen molar-refractivity contribution < 1.29 is 9.53 Å². The van der Waals surface area contributed by atoms with Crippen molar-refractivity contribution in [1.29, 1.82) is 0 Å². The van der Waals surface area contributed by atoms with E-state index < -0.39 is 0 Å². The summed E-state index contributed by atoms with van der Waals surface area (Å²) in [5, 5.41) is 6.48. The van der Waals surface area contributed by atoms with Crippen LogP contribution in [0, 0.1) is 5.41 Å². The lowest BCUT2D eigenvalue weighted by atomic mass is 9.95. The SMILES string of the molecule is COCCC1(CNC(=O)C2Cc3ccccc3CN2)CC1.Cl. The zero-order chi connectivity index (χ0) is 14.7. The van der Waals surface area contributed by atoms with Crippen LogP contribution in [0.5, 0.6) is 0 Å². The van der Waals surface area contributed by atoms with Gasteiger partial charge in [-0.05, 0) is 42.2 Å². The Bertz CT molecular complexity index is 517. The number of fused-ring (bicyclic) bond motifs is 1. The standard InChI is InChI=1S/C17H24N2O2.ClH/c1-21-9-8-17(6-7-17)12-19-16(20)15-10-13-4-2-3-5-14(13)11-18-15;/h2-5,15,18H,6-12H2,1H3,(H,19,20);1H. The van der Waals surface area contributed by atoms with Crippen molar-refractivity contribution in [3.63, 3.8) is 0 Å². The number of rotatable bonds is 6. The largest absolute Gasteiger partial charge is 0.385 e. The summed E-state index contributed by atoms with van der Waals surface area (Å²) in [4.78, 5) is 12.4. The maximum absolute atomic E-state index is 12.4. The Morgan fingerprint density at radius 1 is 1.36 bits per heavy atom. The van der Waals surface area contributed by atoms with Crippen LogP contribution in [0.1, 0.15) is 30.4 Å². The van der Waals surface area contributed by atoms with Gasteiger partial charge in [0.15, 0.2) is 0 Å². The second-order valence-corrected chi connectivity index (χ2v) is 6.37. The van der Waals surface area contributed by atoms with Gasteiger partial charge in [0.2, 0.25) is 5.91 Å². The number of halogens is 1. The van der Waals surface area contributed by atoms with Crippen molar-refractivity contribution in [3.8, 4) is 0 Å². The molecule has 0 saturated heterocycles. The van der Waals surface area contributed by atoms with Crippen LogP contribution in [0.2, 0.25) is 0 Å². The summed E-state index contributed by atoms with van der Waals surface area (Å²) in [6.07, 6.45) is 4.24. The Kier molecular flexibility index (Phi) is 5.84. The van der Waals surface area contributed by atoms with Gasteiger partial charge in [-0.1, -0.05) is 24.3 Å². The van der Waals surface area contributed by atoms with Crippen molar-refractivity contribution in [1.82, 2.24) is 10.6 Å². The predicted molar refractivity (Wildman–Crippen MR) is 89.2 cm³/mol. The Labute approximate surface area is 138 Å². The van der Waals surface area contributed by atoms with Crippen LogP contribution in [0.15, 0.2) is 24.3 Å². The van der Waals surface area contributed by atoms with Crippen molar-refractivity contribution in [2.45, 2.75) is 38.3 Å². The number of hydrogen-bond donors (Lipinski definition) is 2. The maximum Gasteiger partial charge on any atom is 0.237 e. The fourth-order valence-electron chi connectivity index (χ4n) is 3.05. The van der Waals surface area contributed by atoms with Gasteiger partial charge in [-0.2, -0.15) is 0 Å². The van der Waals surface area contributed by atoms with Gasteiger partial charge < -0.3 is 15.4 Å². The summed E-state index contributed by atoms with van der Waals surface area (Å²) in [5.41, 5.74) is 2.90. The number of benzene rings is 1. The normalized spacial score (nSPS) is 21.4. The first kappa shape index (κ1) is 17.3. The average molecular weight is 325 g/mol. The monoisotopic (exact) mass is 324 g/mol. The second-order valence-electron chi connectivity index (χ2n) is 6.37. The molecule has 122 valence electrons. The van der Waals surface area contributed by atoms with Gasteiger partial charge >= 0.3 is 0 Å². The fourth-order valence-corrected chi connectivity index (χ4v) is 3.05. The molecule has 1 amide bonds. The van der Waals surface area contributed by atoms with E-state index in [1.54, 1.807) is 7.11 Å². The molecule has 1 aromatic carbocycles. The molecule has 1 unspecified atom stereocenters. The van der Waals surface area contributed by atoms with Gasteiger partial charge in [0.1, 0.15) is 0 Å². The van der Waals surface area contributed by atoms with Crippen LogP contribution < -0.4 is 10.6 Å². The predicted octanol–water partition coefficient (Wildman–Crippen LogP) is 2.06. The first-order valence-corrected chi connectivity index (χ1v) is 7.79. The van der Waals surface area contributed by atoms with E-state index in [1.807, 2.05) is 12.1 Å². The van der Waals surface area contributed by atoms with E-state index in [0.717, 1.165) is 32.5 Å². The molecule has 3 rings (SSSR count). The lowest BCUT2D eigenvalue weighted by Gasteiger charge is -2.26. The van der Waals surface area contributed by atoms with Crippen LogP contribution in [-0.2, 0) is 22.5 Å². The Morgan fingerprint density at radius 3 is 2.77 bits per heavy atom. The van der Waals surface area contributed by atoms with Gasteiger partial charge in [-0.25, -0.2) is 0 Å². The fraction of sp³-hybridized carbons (Fsp3) is 0.588. The quantitative estimate of drug-likeness (QED) is 0.842. The number of methoxy groups -OCH3 is 1. The third-order valence-corrected chi connectivity index (χ3v) is 4.83. The van der Waals surface area contributed by atoms with Crippen LogP contribution in [0.4, 0.5) is 0 Å². The zero-order valence-electron chi connectivity index (χ0n) is 13.1. The van der Waals surface area contributed by atoms with E-state index in [2.05, 4.69) is 22.8 Å². The molecule has 2 aliphatic rings. The second kappa shape index (κ2) is 7.44. The number of amides is 1. The third-order valence-electron chi connectivity index (χ3n) is 4.83. The highest BCUT2D eigenvalue weighted by Crippen LogP contribution is 2.48. The highest BCUT2D eigenvalue weighted by atomic mass is 35.5. The Morgan fingerprint density at radius 2 is 2.09 bits per heavy atom. The average Bonchev–Trinajstić information content (AvgIpc) is 3.30. The summed E-state index contributed by atoms with van der Waals surface area (Å²) in [7, 11) is 1.73. The summed E-state index contributed by atoms with van der Waals surface area (Å²) >= 11 is 0. The molecular weight excluding hydrogens is 300 g/mol. The summed E-state index contributed by atoms with van der Waals surface area (Å²) < 4.78 is 5.15. The van der Waals surface area contributed by atoms with Gasteiger partial charge in [-0.15, -0.1) is 12.4 Å².